The van der Waals surface area contributed by atoms with Crippen molar-refractivity contribution in [1.29, 1.82) is 0 Å². The van der Waals surface area contributed by atoms with Crippen LogP contribution in [-0.4, -0.2) is 47.0 Å². The minimum absolute atomic E-state index is 0.00445. The van der Waals surface area contributed by atoms with Gasteiger partial charge in [0.05, 0.1) is 5.88 Å². The Morgan fingerprint density at radius 2 is 2.20 bits per heavy atom. The highest BCUT2D eigenvalue weighted by Crippen LogP contribution is 2.26. The molecule has 2 fully saturated rings. The third-order valence-corrected chi connectivity index (χ3v) is 5.27. The number of nitrogens with zero attached hydrogens (tertiary/aromatic N) is 1. The minimum atomic E-state index is -0.293. The molecule has 3 unspecified atom stereocenters. The van der Waals surface area contributed by atoms with Crippen LogP contribution in [0.15, 0.2) is 0 Å². The van der Waals surface area contributed by atoms with Crippen LogP contribution in [0.3, 0.4) is 0 Å². The Morgan fingerprint density at radius 1 is 1.40 bits per heavy atom. The molecule has 1 aliphatic heterocycles. The van der Waals surface area contributed by atoms with Crippen molar-refractivity contribution in [1.82, 2.24) is 10.2 Å². The van der Waals surface area contributed by atoms with Gasteiger partial charge < -0.3 is 16.0 Å². The van der Waals surface area contributed by atoms with Gasteiger partial charge in [0.25, 0.3) is 0 Å². The number of hydrogen-bond acceptors (Lipinski definition) is 4. The van der Waals surface area contributed by atoms with Crippen molar-refractivity contribution < 1.29 is 9.59 Å². The Labute approximate surface area is 125 Å². The summed E-state index contributed by atoms with van der Waals surface area (Å²) >= 11 is 1.66. The second-order valence-electron chi connectivity index (χ2n) is 5.67. The van der Waals surface area contributed by atoms with Gasteiger partial charge in [-0.15, -0.1) is 11.8 Å². The molecule has 2 rings (SSSR count). The molecule has 0 aromatic carbocycles. The average molecular weight is 299 g/mol. The predicted molar refractivity (Wildman–Crippen MR) is 81.2 cm³/mol. The first-order valence-corrected chi connectivity index (χ1v) is 8.70. The highest BCUT2D eigenvalue weighted by atomic mass is 32.2. The van der Waals surface area contributed by atoms with E-state index in [-0.39, 0.29) is 23.9 Å². The maximum Gasteiger partial charge on any atom is 0.243 e. The summed E-state index contributed by atoms with van der Waals surface area (Å²) in [5.74, 6) is 1.85. The molecule has 1 saturated heterocycles. The Kier molecular flexibility index (Phi) is 5.72. The van der Waals surface area contributed by atoms with E-state index in [1.165, 1.54) is 0 Å². The average Bonchev–Trinajstić information content (AvgIpc) is 3.07. The molecule has 3 atom stereocenters. The van der Waals surface area contributed by atoms with Gasteiger partial charge in [-0.25, -0.2) is 0 Å². The van der Waals surface area contributed by atoms with E-state index in [2.05, 4.69) is 5.32 Å². The molecule has 114 valence electrons. The Bertz CT molecular complexity index is 364. The molecule has 1 heterocycles. The molecule has 1 aliphatic carbocycles. The normalized spacial score (nSPS) is 29.7. The van der Waals surface area contributed by atoms with Crippen molar-refractivity contribution in [3.8, 4) is 0 Å². The summed E-state index contributed by atoms with van der Waals surface area (Å²) in [4.78, 5) is 26.2. The number of thioether (sulfide) groups is 1. The molecule has 2 aliphatic rings. The van der Waals surface area contributed by atoms with E-state index < -0.39 is 0 Å². The summed E-state index contributed by atoms with van der Waals surface area (Å²) in [6.07, 6.45) is 4.59. The van der Waals surface area contributed by atoms with Crippen LogP contribution in [0.2, 0.25) is 0 Å². The molecule has 0 aromatic rings. The standard InChI is InChI=1S/C14H25N3O2S/c1-2-4-13(18)17-9-20-8-12(17)14(19)16-11-6-3-5-10(11)7-15/h10-12H,2-9,15H2,1H3,(H,16,19). The molecule has 1 saturated carbocycles. The van der Waals surface area contributed by atoms with Crippen LogP contribution in [0.4, 0.5) is 0 Å². The summed E-state index contributed by atoms with van der Waals surface area (Å²) in [6, 6.07) is -0.0979. The third kappa shape index (κ3) is 3.47. The van der Waals surface area contributed by atoms with Gasteiger partial charge in [0.2, 0.25) is 11.8 Å². The van der Waals surface area contributed by atoms with Crippen LogP contribution in [0.5, 0.6) is 0 Å². The number of amides is 2. The molecule has 20 heavy (non-hydrogen) atoms. The lowest BCUT2D eigenvalue weighted by Crippen LogP contribution is -2.51. The molecule has 3 N–H and O–H groups in total. The first-order valence-electron chi connectivity index (χ1n) is 7.55. The van der Waals surface area contributed by atoms with Crippen molar-refractivity contribution in [2.75, 3.05) is 18.2 Å². The predicted octanol–water partition coefficient (Wildman–Crippen LogP) is 0.932. The van der Waals surface area contributed by atoms with Crippen LogP contribution in [-0.2, 0) is 9.59 Å². The molecule has 0 bridgehead atoms. The van der Waals surface area contributed by atoms with Crippen molar-refractivity contribution in [2.45, 2.75) is 51.1 Å². The molecular weight excluding hydrogens is 274 g/mol. The highest BCUT2D eigenvalue weighted by molar-refractivity contribution is 7.99. The lowest BCUT2D eigenvalue weighted by molar-refractivity contribution is -0.138. The topological polar surface area (TPSA) is 75.4 Å². The molecule has 0 spiro atoms. The molecule has 5 nitrogen and oxygen atoms in total. The zero-order chi connectivity index (χ0) is 14.5. The van der Waals surface area contributed by atoms with Gasteiger partial charge in [0, 0.05) is 18.2 Å². The first kappa shape index (κ1) is 15.6. The number of rotatable bonds is 5. The summed E-state index contributed by atoms with van der Waals surface area (Å²) < 4.78 is 0. The minimum Gasteiger partial charge on any atom is -0.351 e. The maximum absolute atomic E-state index is 12.4. The van der Waals surface area contributed by atoms with Crippen LogP contribution >= 0.6 is 11.8 Å². The van der Waals surface area contributed by atoms with Crippen LogP contribution < -0.4 is 11.1 Å². The third-order valence-electron chi connectivity index (χ3n) is 4.26. The lowest BCUT2D eigenvalue weighted by atomic mass is 10.0. The number of hydrogen-bond donors (Lipinski definition) is 2. The fourth-order valence-electron chi connectivity index (χ4n) is 3.05. The smallest absolute Gasteiger partial charge is 0.243 e. The molecular formula is C14H25N3O2S. The van der Waals surface area contributed by atoms with E-state index in [1.54, 1.807) is 16.7 Å². The van der Waals surface area contributed by atoms with Crippen molar-refractivity contribution in [3.63, 3.8) is 0 Å². The highest BCUT2D eigenvalue weighted by Gasteiger charge is 2.36. The number of carbonyl (C=O) groups is 2. The van der Waals surface area contributed by atoms with Crippen molar-refractivity contribution in [3.05, 3.63) is 0 Å². The summed E-state index contributed by atoms with van der Waals surface area (Å²) in [5, 5.41) is 3.12. The van der Waals surface area contributed by atoms with Gasteiger partial charge in [0.1, 0.15) is 6.04 Å². The van der Waals surface area contributed by atoms with Gasteiger partial charge in [-0.05, 0) is 31.7 Å². The fraction of sp³-hybridized carbons (Fsp3) is 0.857. The SMILES string of the molecule is CCCC(=O)N1CSCC1C(=O)NC1CCCC1CN. The Hall–Kier alpha value is -0.750. The molecule has 0 radical (unpaired) electrons. The van der Waals surface area contributed by atoms with Gasteiger partial charge in [-0.2, -0.15) is 0 Å². The molecule has 0 aromatic heterocycles. The molecule has 6 heteroatoms. The summed E-state index contributed by atoms with van der Waals surface area (Å²) in [5.41, 5.74) is 5.75. The van der Waals surface area contributed by atoms with E-state index in [0.717, 1.165) is 25.7 Å². The number of carbonyl (C=O) groups excluding carboxylic acids is 2. The Balaban J connectivity index is 1.92. The van der Waals surface area contributed by atoms with E-state index in [0.29, 0.717) is 30.5 Å². The first-order chi connectivity index (χ1) is 9.67. The zero-order valence-electron chi connectivity index (χ0n) is 12.1. The Morgan fingerprint density at radius 3 is 2.90 bits per heavy atom. The van der Waals surface area contributed by atoms with E-state index in [4.69, 9.17) is 5.73 Å². The summed E-state index contributed by atoms with van der Waals surface area (Å²) in [7, 11) is 0. The monoisotopic (exact) mass is 299 g/mol. The van der Waals surface area contributed by atoms with Crippen LogP contribution in [0.1, 0.15) is 39.0 Å². The lowest BCUT2D eigenvalue weighted by Gasteiger charge is -2.26. The quantitative estimate of drug-likeness (QED) is 0.792. The largest absolute Gasteiger partial charge is 0.351 e. The second-order valence-corrected chi connectivity index (χ2v) is 6.67. The van der Waals surface area contributed by atoms with Crippen LogP contribution in [0, 0.1) is 5.92 Å². The van der Waals surface area contributed by atoms with Crippen LogP contribution in [0.25, 0.3) is 0 Å². The zero-order valence-corrected chi connectivity index (χ0v) is 13.0. The van der Waals surface area contributed by atoms with Crippen molar-refractivity contribution in [2.24, 2.45) is 11.7 Å². The van der Waals surface area contributed by atoms with Gasteiger partial charge >= 0.3 is 0 Å². The van der Waals surface area contributed by atoms with Gasteiger partial charge in [0.15, 0.2) is 0 Å². The number of nitrogens with two attached hydrogens (primary N) is 1. The maximum atomic E-state index is 12.4. The molecule has 2 amide bonds. The van der Waals surface area contributed by atoms with E-state index in [9.17, 15) is 9.59 Å². The van der Waals surface area contributed by atoms with E-state index in [1.807, 2.05) is 6.92 Å². The van der Waals surface area contributed by atoms with E-state index >= 15 is 0 Å². The number of nitrogens with one attached hydrogen (secondary N) is 1. The van der Waals surface area contributed by atoms with Crippen molar-refractivity contribution >= 4 is 23.6 Å². The second kappa shape index (κ2) is 7.31. The van der Waals surface area contributed by atoms with Gasteiger partial charge in [-0.3, -0.25) is 9.59 Å². The summed E-state index contributed by atoms with van der Waals surface area (Å²) in [6.45, 7) is 2.61. The fourth-order valence-corrected chi connectivity index (χ4v) is 4.23. The van der Waals surface area contributed by atoms with Gasteiger partial charge in [-0.1, -0.05) is 13.3 Å².